The number of guanidine groups is 1. The van der Waals surface area contributed by atoms with E-state index in [4.69, 9.17) is 22.6 Å². The standard InChI is InChI=1S/C74H104N18O19S2/c1-39(2)30-53(67(105)87-52(63(76)101)35-59(75)95)83-60(96)38-81-64(102)48(22-23-61(97)98)84-70(108)56(34-44-37-80-51-31-40(3)16-21-46(44)51)90-69(107)55(33-43-17-19-45(94)20-18-43)89-71(109)57(36-62(99)100)91-66(104)49(24-28-112-5)85-68(106)54(32-42-12-8-7-9-13-42)88-65(103)47(14-10-26-79-74(77)78)86-72(110)58-15-11-27-92(58)73(111)50(25-29-113-6)82-41(4)93/h7-9,12-13,16-21,31,37,39,47-50,52-58,80,94H,10-11,14-15,22-30,32-36,38H2,1-6H3,(H2,75,95)(H2,76,101)(H,81,102)(H,82,93)(H,83,96)(H,84,108)(H,85,106)(H,86,110)(H,87,105)(H,88,103)(H,89,109)(H,90,107)(H,91,104)(H,97,98)(H,99,100)(H4,77,78,79)/t47-,48-,49-,50-,52-,53-,54-,55-,56-,57-,58-/m0/s1. The van der Waals surface area contributed by atoms with E-state index in [9.17, 15) is 87.2 Å². The van der Waals surface area contributed by atoms with Crippen LogP contribution in [0.25, 0.3) is 10.9 Å². The van der Waals surface area contributed by atoms with Gasteiger partial charge >= 0.3 is 11.9 Å². The average molecular weight is 1610 g/mol. The second-order valence-electron chi connectivity index (χ2n) is 27.7. The topological polar surface area (TPSA) is 599 Å². The molecule has 23 N–H and O–H groups in total. The zero-order valence-electron chi connectivity index (χ0n) is 63.7. The number of likely N-dealkylation sites (tertiary alicyclic amines) is 1. The summed E-state index contributed by atoms with van der Waals surface area (Å²) in [6, 6.07) is 2.32. The van der Waals surface area contributed by atoms with Crippen molar-refractivity contribution in [3.8, 4) is 5.75 Å². The minimum atomic E-state index is -2.03. The minimum absolute atomic E-state index is 0.0204. The number of carboxylic acid groups (broad SMARTS) is 2. The number of aliphatic carboxylic acids is 2. The Morgan fingerprint density at radius 1 is 0.566 bits per heavy atom. The molecular weight excluding hydrogens is 1510 g/mol. The number of thioether (sulfide) groups is 2. The summed E-state index contributed by atoms with van der Waals surface area (Å²) in [5, 5.41) is 69.1. The van der Waals surface area contributed by atoms with Crippen LogP contribution in [0.2, 0.25) is 0 Å². The Labute approximate surface area is 660 Å². The van der Waals surface area contributed by atoms with E-state index in [1.165, 1.54) is 59.6 Å². The summed E-state index contributed by atoms with van der Waals surface area (Å²) >= 11 is 2.71. The van der Waals surface area contributed by atoms with Crippen LogP contribution in [0.3, 0.4) is 0 Å². The predicted octanol–water partition coefficient (Wildman–Crippen LogP) is -2.30. The van der Waals surface area contributed by atoms with E-state index in [1.807, 2.05) is 13.2 Å². The minimum Gasteiger partial charge on any atom is -0.508 e. The maximum Gasteiger partial charge on any atom is 0.305 e. The quantitative estimate of drug-likeness (QED) is 0.0126. The SMILES string of the molecule is CSCC[C@H](NC(=O)[C@H](Cc1ccccc1)NC(=O)[C@H](CCCNC(=N)N)NC(=O)[C@@H]1CCCN1C(=O)[C@H](CCSC)NC(C)=O)C(=O)N[C@@H](CC(=O)O)C(=O)N[C@@H](Cc1ccc(O)cc1)C(=O)N[C@@H](Cc1c[nH]c2cc(C)ccc12)C(=O)N[C@@H](CCC(=O)O)C(=O)NCC(=O)N[C@@H](CC(C)C)C(=O)N[C@@H](CC(N)=O)C(N)=O. The smallest absolute Gasteiger partial charge is 0.305 e. The van der Waals surface area contributed by atoms with Gasteiger partial charge < -0.3 is 106 Å². The number of aromatic hydroxyl groups is 1. The lowest BCUT2D eigenvalue weighted by molar-refractivity contribution is -0.142. The molecule has 1 fully saturated rings. The number of rotatable bonds is 48. The maximum absolute atomic E-state index is 15.1. The van der Waals surface area contributed by atoms with Gasteiger partial charge in [0.2, 0.25) is 82.7 Å². The molecule has 1 aromatic heterocycles. The number of nitrogens with two attached hydrogens (primary N) is 3. The first kappa shape index (κ1) is 92.1. The van der Waals surface area contributed by atoms with E-state index in [0.717, 1.165) is 5.56 Å². The van der Waals surface area contributed by atoms with Crippen molar-refractivity contribution in [1.29, 1.82) is 5.41 Å². The lowest BCUT2D eigenvalue weighted by Gasteiger charge is -2.30. The van der Waals surface area contributed by atoms with Crippen LogP contribution >= 0.6 is 23.5 Å². The van der Waals surface area contributed by atoms with Gasteiger partial charge in [-0.05, 0) is 129 Å². The maximum atomic E-state index is 15.1. The Bertz CT molecular complexity index is 4040. The lowest BCUT2D eigenvalue weighted by Crippen LogP contribution is -2.61. The Morgan fingerprint density at radius 3 is 1.64 bits per heavy atom. The molecule has 1 saturated heterocycles. The molecule has 39 heteroatoms. The third kappa shape index (κ3) is 31.7. The van der Waals surface area contributed by atoms with Gasteiger partial charge in [0.25, 0.3) is 0 Å². The summed E-state index contributed by atoms with van der Waals surface area (Å²) in [6.45, 7) is 5.90. The molecule has 0 spiro atoms. The number of hydrogen-bond donors (Lipinski definition) is 20. The third-order valence-electron chi connectivity index (χ3n) is 18.0. The number of carbonyl (C=O) groups excluding carboxylic acids is 14. The van der Waals surface area contributed by atoms with Crippen molar-refractivity contribution < 1.29 is 92.0 Å². The van der Waals surface area contributed by atoms with Gasteiger partial charge in [-0.3, -0.25) is 82.1 Å². The van der Waals surface area contributed by atoms with Gasteiger partial charge in [0.15, 0.2) is 5.96 Å². The molecule has 37 nitrogen and oxygen atoms in total. The van der Waals surface area contributed by atoms with Crippen LogP contribution in [0.4, 0.5) is 0 Å². The second-order valence-corrected chi connectivity index (χ2v) is 29.6. The molecule has 0 saturated carbocycles. The van der Waals surface area contributed by atoms with Gasteiger partial charge in [0, 0.05) is 62.8 Å². The first-order chi connectivity index (χ1) is 53.5. The zero-order valence-corrected chi connectivity index (χ0v) is 65.4. The van der Waals surface area contributed by atoms with E-state index < -0.39 is 200 Å². The molecule has 0 aliphatic carbocycles. The Balaban J connectivity index is 1.45. The van der Waals surface area contributed by atoms with E-state index >= 15 is 4.79 Å². The van der Waals surface area contributed by atoms with Crippen molar-refractivity contribution in [2.75, 3.05) is 43.7 Å². The number of aromatic amines is 1. The van der Waals surface area contributed by atoms with Crippen LogP contribution in [0.5, 0.6) is 5.75 Å². The van der Waals surface area contributed by atoms with E-state index in [0.29, 0.717) is 34.2 Å². The molecule has 0 unspecified atom stereocenters. The summed E-state index contributed by atoms with van der Waals surface area (Å²) in [4.78, 5) is 224. The molecule has 5 rings (SSSR count). The number of hydrogen-bond acceptors (Lipinski definition) is 20. The highest BCUT2D eigenvalue weighted by Crippen LogP contribution is 2.24. The number of nitrogens with one attached hydrogen (secondary N) is 14. The number of carboxylic acids is 2. The number of amides is 14. The van der Waals surface area contributed by atoms with Gasteiger partial charge in [-0.25, -0.2) is 0 Å². The molecule has 1 aliphatic heterocycles. The van der Waals surface area contributed by atoms with Crippen LogP contribution in [-0.2, 0) is 96.0 Å². The first-order valence-corrected chi connectivity index (χ1v) is 39.4. The molecule has 3 aromatic carbocycles. The summed E-state index contributed by atoms with van der Waals surface area (Å²) < 4.78 is 0. The van der Waals surface area contributed by atoms with Gasteiger partial charge in [0.05, 0.1) is 19.4 Å². The van der Waals surface area contributed by atoms with Gasteiger partial charge in [-0.15, -0.1) is 0 Å². The number of phenolic OH excluding ortho intramolecular Hbond substituents is 1. The van der Waals surface area contributed by atoms with Gasteiger partial charge in [-0.1, -0.05) is 68.4 Å². The van der Waals surface area contributed by atoms with E-state index in [1.54, 1.807) is 74.8 Å². The molecule has 113 heavy (non-hydrogen) atoms. The molecule has 14 amide bonds. The van der Waals surface area contributed by atoms with Crippen molar-refractivity contribution in [2.24, 2.45) is 23.1 Å². The lowest BCUT2D eigenvalue weighted by atomic mass is 10.0. The Morgan fingerprint density at radius 2 is 1.09 bits per heavy atom. The van der Waals surface area contributed by atoms with Gasteiger partial charge in [0.1, 0.15) is 72.2 Å². The van der Waals surface area contributed by atoms with Crippen molar-refractivity contribution in [2.45, 2.75) is 184 Å². The predicted molar refractivity (Wildman–Crippen MR) is 418 cm³/mol. The molecule has 1 aliphatic rings. The van der Waals surface area contributed by atoms with Crippen molar-refractivity contribution in [3.63, 3.8) is 0 Å². The molecule has 616 valence electrons. The van der Waals surface area contributed by atoms with Crippen molar-refractivity contribution in [3.05, 3.63) is 101 Å². The summed E-state index contributed by atoms with van der Waals surface area (Å²) in [5.41, 5.74) is 18.8. The number of phenols is 1. The number of aromatic nitrogens is 1. The highest BCUT2D eigenvalue weighted by atomic mass is 32.2. The fourth-order valence-electron chi connectivity index (χ4n) is 12.3. The highest BCUT2D eigenvalue weighted by Gasteiger charge is 2.41. The van der Waals surface area contributed by atoms with Crippen molar-refractivity contribution >= 4 is 135 Å². The number of fused-ring (bicyclic) bond motifs is 1. The highest BCUT2D eigenvalue weighted by molar-refractivity contribution is 7.98. The zero-order chi connectivity index (χ0) is 83.6. The summed E-state index contributed by atoms with van der Waals surface area (Å²) in [5.74, 6) is -16.3. The fourth-order valence-corrected chi connectivity index (χ4v) is 13.3. The third-order valence-corrected chi connectivity index (χ3v) is 19.3. The van der Waals surface area contributed by atoms with Gasteiger partial charge in [-0.2, -0.15) is 23.5 Å². The van der Waals surface area contributed by atoms with Crippen LogP contribution in [0.15, 0.2) is 79.0 Å². The molecule has 0 bridgehead atoms. The number of primary amides is 2. The van der Waals surface area contributed by atoms with Crippen LogP contribution in [0, 0.1) is 18.3 Å². The van der Waals surface area contributed by atoms with E-state index in [2.05, 4.69) is 68.8 Å². The molecule has 4 aromatic rings. The number of aryl methyl sites for hydroxylation is 1. The number of H-pyrrole nitrogens is 1. The summed E-state index contributed by atoms with van der Waals surface area (Å²) in [7, 11) is 0. The molecule has 2 heterocycles. The Hall–Kier alpha value is -11.5. The number of nitrogens with zero attached hydrogens (tertiary/aromatic N) is 1. The van der Waals surface area contributed by atoms with Crippen molar-refractivity contribution in [1.82, 2.24) is 73.7 Å². The van der Waals surface area contributed by atoms with Crippen LogP contribution in [0.1, 0.15) is 114 Å². The number of carbonyl (C=O) groups is 16. The molecule has 11 atom stereocenters. The summed E-state index contributed by atoms with van der Waals surface area (Å²) in [6.07, 6.45) is 1.71. The molecular formula is C74H104N18O19S2. The van der Waals surface area contributed by atoms with E-state index in [-0.39, 0.29) is 93.4 Å². The monoisotopic (exact) mass is 1610 g/mol. The second kappa shape index (κ2) is 46.4. The first-order valence-electron chi connectivity index (χ1n) is 36.6. The van der Waals surface area contributed by atoms with Crippen LogP contribution < -0.4 is 81.0 Å². The number of benzene rings is 3. The normalized spacial score (nSPS) is 15.1. The molecule has 0 radical (unpaired) electrons. The largest absolute Gasteiger partial charge is 0.508 e. The Kier molecular flexibility index (Phi) is 37.8. The van der Waals surface area contributed by atoms with Crippen LogP contribution in [-0.4, -0.2) is 236 Å². The average Bonchev–Trinajstić information content (AvgIpc) is 1.70. The fraction of sp³-hybridized carbons (Fsp3) is 0.500.